The Morgan fingerprint density at radius 2 is 2.00 bits per heavy atom. The van der Waals surface area contributed by atoms with E-state index in [9.17, 15) is 0 Å². The Bertz CT molecular complexity index is 1160. The predicted molar refractivity (Wildman–Crippen MR) is 112 cm³/mol. The highest BCUT2D eigenvalue weighted by molar-refractivity contribution is 5.85. The topological polar surface area (TPSA) is 52.0 Å². The number of rotatable bonds is 0. The lowest BCUT2D eigenvalue weighted by Gasteiger charge is -2.09. The zero-order chi connectivity index (χ0) is 18.8. The van der Waals surface area contributed by atoms with Crippen molar-refractivity contribution in [1.29, 1.82) is 0 Å². The first kappa shape index (κ1) is 16.6. The van der Waals surface area contributed by atoms with Gasteiger partial charge in [0.25, 0.3) is 0 Å². The molecule has 0 saturated heterocycles. The molecule has 1 aliphatic heterocycles. The van der Waals surface area contributed by atoms with Gasteiger partial charge in [0.2, 0.25) is 5.95 Å². The first-order chi connectivity index (χ1) is 13.8. The van der Waals surface area contributed by atoms with Crippen LogP contribution in [-0.2, 0) is 6.54 Å². The van der Waals surface area contributed by atoms with Gasteiger partial charge in [0.1, 0.15) is 5.75 Å². The Morgan fingerprint density at radius 3 is 3.00 bits per heavy atom. The van der Waals surface area contributed by atoms with Crippen LogP contribution in [0.2, 0.25) is 0 Å². The molecule has 0 fully saturated rings. The largest absolute Gasteiger partial charge is 0.493 e. The molecule has 1 aliphatic rings. The van der Waals surface area contributed by atoms with Crippen molar-refractivity contribution in [3.05, 3.63) is 79.1 Å². The van der Waals surface area contributed by atoms with Crippen LogP contribution in [0.25, 0.3) is 22.2 Å². The Labute approximate surface area is 163 Å². The van der Waals surface area contributed by atoms with E-state index in [0.29, 0.717) is 12.6 Å². The minimum atomic E-state index is 0.566. The molecule has 28 heavy (non-hydrogen) atoms. The molecule has 0 radical (unpaired) electrons. The minimum Gasteiger partial charge on any atom is -0.493 e. The standard InChI is InChI=1S/C23H20N4O/c1-2-12-27-13-10-17-7-8-18(15-22(17)27)21-9-11-24-23(26-21)25-19-5-4-6-20(16-19)28-14-3-1/h1-2,4-11,13,15-16H,3,12,14H2,(H,24,25,26). The van der Waals surface area contributed by atoms with Crippen LogP contribution in [0.5, 0.6) is 5.75 Å². The van der Waals surface area contributed by atoms with Crippen molar-refractivity contribution < 1.29 is 4.74 Å². The third-order valence-corrected chi connectivity index (χ3v) is 4.84. The zero-order valence-electron chi connectivity index (χ0n) is 15.4. The Kier molecular flexibility index (Phi) is 4.26. The normalized spacial score (nSPS) is 13.7. The molecule has 5 rings (SSSR count). The molecule has 6 bridgehead atoms. The summed E-state index contributed by atoms with van der Waals surface area (Å²) in [6, 6.07) is 18.4. The third-order valence-electron chi connectivity index (χ3n) is 4.84. The van der Waals surface area contributed by atoms with E-state index < -0.39 is 0 Å². The van der Waals surface area contributed by atoms with Crippen LogP contribution in [0, 0.1) is 0 Å². The van der Waals surface area contributed by atoms with Crippen molar-refractivity contribution in [2.45, 2.75) is 13.0 Å². The summed E-state index contributed by atoms with van der Waals surface area (Å²) in [4.78, 5) is 9.08. The maximum absolute atomic E-state index is 5.87. The summed E-state index contributed by atoms with van der Waals surface area (Å²) in [6.07, 6.45) is 9.14. The van der Waals surface area contributed by atoms with Gasteiger partial charge in [-0.1, -0.05) is 30.4 Å². The molecule has 4 aromatic rings. The van der Waals surface area contributed by atoms with Crippen LogP contribution in [0.3, 0.4) is 0 Å². The SMILES string of the molecule is C1=CCn2ccc3ccc(cc32)-c2ccnc(n2)Nc2cccc(c2)OCC1. The van der Waals surface area contributed by atoms with Crippen LogP contribution < -0.4 is 10.1 Å². The van der Waals surface area contributed by atoms with E-state index in [4.69, 9.17) is 9.72 Å². The average Bonchev–Trinajstić information content (AvgIpc) is 3.13. The fourth-order valence-corrected chi connectivity index (χ4v) is 3.43. The summed E-state index contributed by atoms with van der Waals surface area (Å²) in [6.45, 7) is 1.47. The van der Waals surface area contributed by atoms with Crippen molar-refractivity contribution in [1.82, 2.24) is 14.5 Å². The molecule has 0 spiro atoms. The van der Waals surface area contributed by atoms with E-state index in [1.165, 1.54) is 10.9 Å². The number of benzene rings is 2. The van der Waals surface area contributed by atoms with E-state index in [-0.39, 0.29) is 0 Å². The first-order valence-electron chi connectivity index (χ1n) is 9.42. The van der Waals surface area contributed by atoms with Crippen LogP contribution >= 0.6 is 0 Å². The smallest absolute Gasteiger partial charge is 0.227 e. The molecule has 0 atom stereocenters. The van der Waals surface area contributed by atoms with E-state index in [2.05, 4.69) is 57.5 Å². The van der Waals surface area contributed by atoms with Crippen molar-refractivity contribution in [3.8, 4) is 17.0 Å². The van der Waals surface area contributed by atoms with Crippen LogP contribution in [-0.4, -0.2) is 21.1 Å². The maximum atomic E-state index is 5.87. The number of ether oxygens (including phenoxy) is 1. The average molecular weight is 368 g/mol. The van der Waals surface area contributed by atoms with Gasteiger partial charge in [0, 0.05) is 41.8 Å². The lowest BCUT2D eigenvalue weighted by Crippen LogP contribution is -1.99. The minimum absolute atomic E-state index is 0.566. The van der Waals surface area contributed by atoms with E-state index in [1.807, 2.05) is 30.3 Å². The highest BCUT2D eigenvalue weighted by Crippen LogP contribution is 2.26. The summed E-state index contributed by atoms with van der Waals surface area (Å²) < 4.78 is 8.12. The van der Waals surface area contributed by atoms with Crippen LogP contribution in [0.4, 0.5) is 11.6 Å². The van der Waals surface area contributed by atoms with Gasteiger partial charge in [-0.25, -0.2) is 9.97 Å². The molecule has 0 amide bonds. The molecular weight excluding hydrogens is 348 g/mol. The number of hydrogen-bond acceptors (Lipinski definition) is 4. The van der Waals surface area contributed by atoms with Crippen molar-refractivity contribution in [2.24, 2.45) is 0 Å². The highest BCUT2D eigenvalue weighted by atomic mass is 16.5. The molecule has 5 nitrogen and oxygen atoms in total. The van der Waals surface area contributed by atoms with Gasteiger partial charge in [0.05, 0.1) is 12.3 Å². The van der Waals surface area contributed by atoms with Crippen molar-refractivity contribution >= 4 is 22.5 Å². The molecule has 0 aliphatic carbocycles. The number of hydrogen-bond donors (Lipinski definition) is 1. The number of nitrogens with one attached hydrogen (secondary N) is 1. The molecule has 2 aromatic heterocycles. The number of anilines is 2. The zero-order valence-corrected chi connectivity index (χ0v) is 15.4. The molecular formula is C23H20N4O. The second-order valence-corrected chi connectivity index (χ2v) is 6.77. The van der Waals surface area contributed by atoms with Gasteiger partial charge in [-0.15, -0.1) is 0 Å². The van der Waals surface area contributed by atoms with Crippen molar-refractivity contribution in [3.63, 3.8) is 0 Å². The molecule has 0 unspecified atom stereocenters. The highest BCUT2D eigenvalue weighted by Gasteiger charge is 2.07. The number of nitrogens with zero attached hydrogens (tertiary/aromatic N) is 3. The molecule has 1 N–H and O–H groups in total. The Balaban J connectivity index is 1.60. The van der Waals surface area contributed by atoms with Crippen molar-refractivity contribution in [2.75, 3.05) is 11.9 Å². The lowest BCUT2D eigenvalue weighted by molar-refractivity contribution is 0.325. The molecule has 3 heterocycles. The molecule has 138 valence electrons. The fourth-order valence-electron chi connectivity index (χ4n) is 3.43. The first-order valence-corrected chi connectivity index (χ1v) is 9.42. The predicted octanol–water partition coefficient (Wildman–Crippen LogP) is 5.18. The summed E-state index contributed by atoms with van der Waals surface area (Å²) in [5.74, 6) is 1.40. The van der Waals surface area contributed by atoms with Crippen LogP contribution in [0.15, 0.2) is 79.1 Å². The summed E-state index contributed by atoms with van der Waals surface area (Å²) >= 11 is 0. The monoisotopic (exact) mass is 368 g/mol. The molecule has 0 saturated carbocycles. The second-order valence-electron chi connectivity index (χ2n) is 6.77. The third kappa shape index (κ3) is 3.34. The lowest BCUT2D eigenvalue weighted by atomic mass is 10.1. The Hall–Kier alpha value is -3.60. The van der Waals surface area contributed by atoms with Gasteiger partial charge in [-0.05, 0) is 42.1 Å². The summed E-state index contributed by atoms with van der Waals surface area (Å²) in [5, 5.41) is 4.50. The second kappa shape index (κ2) is 7.19. The van der Waals surface area contributed by atoms with E-state index >= 15 is 0 Å². The van der Waals surface area contributed by atoms with Gasteiger partial charge in [0.15, 0.2) is 0 Å². The number of aromatic nitrogens is 3. The van der Waals surface area contributed by atoms with Gasteiger partial charge < -0.3 is 14.6 Å². The number of fused-ring (bicyclic) bond motifs is 6. The van der Waals surface area contributed by atoms with Crippen LogP contribution in [0.1, 0.15) is 6.42 Å². The molecule has 2 aromatic carbocycles. The van der Waals surface area contributed by atoms with E-state index in [1.54, 1.807) is 6.20 Å². The summed E-state index contributed by atoms with van der Waals surface area (Å²) in [7, 11) is 0. The Morgan fingerprint density at radius 1 is 1.00 bits per heavy atom. The fraction of sp³-hybridized carbons (Fsp3) is 0.130. The maximum Gasteiger partial charge on any atom is 0.227 e. The van der Waals surface area contributed by atoms with E-state index in [0.717, 1.165) is 35.7 Å². The molecule has 5 heteroatoms. The quantitative estimate of drug-likeness (QED) is 0.435. The van der Waals surface area contributed by atoms with Gasteiger partial charge in [-0.3, -0.25) is 0 Å². The van der Waals surface area contributed by atoms with Gasteiger partial charge in [-0.2, -0.15) is 0 Å². The summed E-state index contributed by atoms with van der Waals surface area (Å²) in [5.41, 5.74) is 4.06. The van der Waals surface area contributed by atoms with Gasteiger partial charge >= 0.3 is 0 Å². The number of allylic oxidation sites excluding steroid dienone is 1.